The third-order valence-electron chi connectivity index (χ3n) is 4.05. The lowest BCUT2D eigenvalue weighted by Gasteiger charge is -2.32. The van der Waals surface area contributed by atoms with E-state index in [0.29, 0.717) is 31.2 Å². The molecule has 1 heterocycles. The van der Waals surface area contributed by atoms with Crippen LogP contribution in [-0.4, -0.2) is 49.6 Å². The molecule has 0 bridgehead atoms. The summed E-state index contributed by atoms with van der Waals surface area (Å²) in [4.78, 5) is 25.8. The number of nitrogens with one attached hydrogen (secondary N) is 3. The number of urea groups is 1. The lowest BCUT2D eigenvalue weighted by molar-refractivity contribution is -0.122. The fourth-order valence-electron chi connectivity index (χ4n) is 2.89. The molecule has 1 fully saturated rings. The Kier molecular flexibility index (Phi) is 7.40. The first-order chi connectivity index (χ1) is 12.1. The molecule has 0 saturated carbocycles. The van der Waals surface area contributed by atoms with Gasteiger partial charge < -0.3 is 16.0 Å². The average molecular weight is 348 g/mol. The fraction of sp³-hybridized carbons (Fsp3) is 0.444. The molecule has 1 aliphatic heterocycles. The SMILES string of the molecule is C=CCNC(=O)CN1CCC[C@@H](CNC(=O)Nc2cccc(F)c2)C1. The molecule has 0 aliphatic carbocycles. The van der Waals surface area contributed by atoms with Crippen molar-refractivity contribution in [3.05, 3.63) is 42.7 Å². The van der Waals surface area contributed by atoms with Crippen molar-refractivity contribution in [3.63, 3.8) is 0 Å². The maximum atomic E-state index is 13.1. The van der Waals surface area contributed by atoms with Crippen LogP contribution in [0, 0.1) is 11.7 Å². The van der Waals surface area contributed by atoms with Gasteiger partial charge in [-0.15, -0.1) is 6.58 Å². The van der Waals surface area contributed by atoms with Gasteiger partial charge in [0.15, 0.2) is 0 Å². The molecule has 136 valence electrons. The van der Waals surface area contributed by atoms with Crippen LogP contribution in [0.5, 0.6) is 0 Å². The van der Waals surface area contributed by atoms with E-state index in [4.69, 9.17) is 0 Å². The standard InChI is InChI=1S/C18H25FN4O2/c1-2-8-20-17(24)13-23-9-4-5-14(12-23)11-21-18(25)22-16-7-3-6-15(19)10-16/h2-3,6-7,10,14H,1,4-5,8-9,11-13H2,(H,20,24)(H2,21,22,25)/t14-/m0/s1. The molecule has 3 amide bonds. The quantitative estimate of drug-likeness (QED) is 0.660. The van der Waals surface area contributed by atoms with Gasteiger partial charge in [-0.25, -0.2) is 9.18 Å². The number of hydrogen-bond acceptors (Lipinski definition) is 3. The molecule has 1 aromatic carbocycles. The Morgan fingerprint density at radius 1 is 1.36 bits per heavy atom. The minimum absolute atomic E-state index is 0.0163. The summed E-state index contributed by atoms with van der Waals surface area (Å²) in [6, 6.07) is 5.41. The van der Waals surface area contributed by atoms with E-state index in [9.17, 15) is 14.0 Å². The summed E-state index contributed by atoms with van der Waals surface area (Å²) in [5, 5.41) is 8.19. The number of hydrogen-bond donors (Lipinski definition) is 3. The Hall–Kier alpha value is -2.41. The maximum Gasteiger partial charge on any atom is 0.319 e. The largest absolute Gasteiger partial charge is 0.352 e. The number of amides is 3. The number of carbonyl (C=O) groups is 2. The summed E-state index contributed by atoms with van der Waals surface area (Å²) in [7, 11) is 0. The van der Waals surface area contributed by atoms with Gasteiger partial charge in [-0.2, -0.15) is 0 Å². The van der Waals surface area contributed by atoms with Crippen molar-refractivity contribution in [1.82, 2.24) is 15.5 Å². The molecule has 2 rings (SSSR count). The molecule has 1 atom stereocenters. The Morgan fingerprint density at radius 3 is 2.96 bits per heavy atom. The highest BCUT2D eigenvalue weighted by Crippen LogP contribution is 2.15. The molecule has 0 unspecified atom stereocenters. The van der Waals surface area contributed by atoms with Crippen LogP contribution < -0.4 is 16.0 Å². The fourth-order valence-corrected chi connectivity index (χ4v) is 2.89. The summed E-state index contributed by atoms with van der Waals surface area (Å²) < 4.78 is 13.1. The van der Waals surface area contributed by atoms with Gasteiger partial charge in [0.05, 0.1) is 6.54 Å². The second-order valence-corrected chi connectivity index (χ2v) is 6.18. The van der Waals surface area contributed by atoms with E-state index in [2.05, 4.69) is 27.4 Å². The second-order valence-electron chi connectivity index (χ2n) is 6.18. The van der Waals surface area contributed by atoms with E-state index in [1.807, 2.05) is 0 Å². The maximum absolute atomic E-state index is 13.1. The highest BCUT2D eigenvalue weighted by Gasteiger charge is 2.21. The van der Waals surface area contributed by atoms with Crippen LogP contribution in [-0.2, 0) is 4.79 Å². The van der Waals surface area contributed by atoms with Crippen molar-refractivity contribution in [2.45, 2.75) is 12.8 Å². The van der Waals surface area contributed by atoms with E-state index < -0.39 is 5.82 Å². The van der Waals surface area contributed by atoms with Gasteiger partial charge in [-0.1, -0.05) is 12.1 Å². The Labute approximate surface area is 147 Å². The van der Waals surface area contributed by atoms with E-state index >= 15 is 0 Å². The Morgan fingerprint density at radius 2 is 2.20 bits per heavy atom. The lowest BCUT2D eigenvalue weighted by atomic mass is 9.98. The topological polar surface area (TPSA) is 73.5 Å². The van der Waals surface area contributed by atoms with E-state index in [-0.39, 0.29) is 11.9 Å². The van der Waals surface area contributed by atoms with Crippen LogP contribution in [0.25, 0.3) is 0 Å². The van der Waals surface area contributed by atoms with Gasteiger partial charge in [-0.3, -0.25) is 9.69 Å². The summed E-state index contributed by atoms with van der Waals surface area (Å²) in [6.07, 6.45) is 3.65. The first-order valence-electron chi connectivity index (χ1n) is 8.47. The summed E-state index contributed by atoms with van der Waals surface area (Å²) in [5.74, 6) is -0.118. The molecule has 0 spiro atoms. The normalized spacial score (nSPS) is 17.6. The molecular formula is C18H25FN4O2. The minimum atomic E-state index is -0.393. The van der Waals surface area contributed by atoms with Crippen molar-refractivity contribution in [1.29, 1.82) is 0 Å². The first-order valence-corrected chi connectivity index (χ1v) is 8.47. The van der Waals surface area contributed by atoms with Crippen molar-refractivity contribution in [2.75, 3.05) is 38.0 Å². The lowest BCUT2D eigenvalue weighted by Crippen LogP contribution is -2.45. The molecule has 0 radical (unpaired) electrons. The van der Waals surface area contributed by atoms with Crippen molar-refractivity contribution in [3.8, 4) is 0 Å². The smallest absolute Gasteiger partial charge is 0.319 e. The van der Waals surface area contributed by atoms with Gasteiger partial charge in [0.1, 0.15) is 5.82 Å². The Balaban J connectivity index is 1.71. The molecule has 3 N–H and O–H groups in total. The van der Waals surface area contributed by atoms with E-state index in [0.717, 1.165) is 25.9 Å². The number of nitrogens with zero attached hydrogens (tertiary/aromatic N) is 1. The first kappa shape index (κ1) is 18.9. The number of likely N-dealkylation sites (tertiary alicyclic amines) is 1. The molecule has 1 aliphatic rings. The number of carbonyl (C=O) groups excluding carboxylic acids is 2. The zero-order valence-electron chi connectivity index (χ0n) is 14.3. The zero-order chi connectivity index (χ0) is 18.1. The molecule has 25 heavy (non-hydrogen) atoms. The molecule has 1 saturated heterocycles. The molecule has 0 aromatic heterocycles. The van der Waals surface area contributed by atoms with Crippen LogP contribution in [0.15, 0.2) is 36.9 Å². The van der Waals surface area contributed by atoms with Crippen molar-refractivity contribution >= 4 is 17.6 Å². The summed E-state index contributed by atoms with van der Waals surface area (Å²) in [5.41, 5.74) is 0.418. The van der Waals surface area contributed by atoms with Crippen LogP contribution in [0.2, 0.25) is 0 Å². The summed E-state index contributed by atoms with van der Waals surface area (Å²) in [6.45, 7) is 6.57. The summed E-state index contributed by atoms with van der Waals surface area (Å²) >= 11 is 0. The second kappa shape index (κ2) is 9.78. The predicted molar refractivity (Wildman–Crippen MR) is 95.8 cm³/mol. The van der Waals surface area contributed by atoms with Crippen LogP contribution >= 0.6 is 0 Å². The number of benzene rings is 1. The van der Waals surface area contributed by atoms with Gasteiger partial charge in [0.2, 0.25) is 5.91 Å². The van der Waals surface area contributed by atoms with Gasteiger partial charge >= 0.3 is 6.03 Å². The average Bonchev–Trinajstić information content (AvgIpc) is 2.58. The third-order valence-corrected chi connectivity index (χ3v) is 4.05. The Bertz CT molecular complexity index is 608. The van der Waals surface area contributed by atoms with Gasteiger partial charge in [-0.05, 0) is 43.5 Å². The number of halogens is 1. The predicted octanol–water partition coefficient (Wildman–Crippen LogP) is 1.96. The highest BCUT2D eigenvalue weighted by atomic mass is 19.1. The molecule has 1 aromatic rings. The van der Waals surface area contributed by atoms with Crippen LogP contribution in [0.3, 0.4) is 0 Å². The highest BCUT2D eigenvalue weighted by molar-refractivity contribution is 5.89. The van der Waals surface area contributed by atoms with E-state index in [1.54, 1.807) is 18.2 Å². The van der Waals surface area contributed by atoms with Crippen molar-refractivity contribution in [2.24, 2.45) is 5.92 Å². The number of rotatable bonds is 7. The van der Waals surface area contributed by atoms with E-state index in [1.165, 1.54) is 12.1 Å². The monoisotopic (exact) mass is 348 g/mol. The molecular weight excluding hydrogens is 323 g/mol. The van der Waals surface area contributed by atoms with Gasteiger partial charge in [0, 0.05) is 25.3 Å². The zero-order valence-corrected chi connectivity index (χ0v) is 14.3. The van der Waals surface area contributed by atoms with Crippen LogP contribution in [0.1, 0.15) is 12.8 Å². The minimum Gasteiger partial charge on any atom is -0.352 e. The van der Waals surface area contributed by atoms with Crippen molar-refractivity contribution < 1.29 is 14.0 Å². The third kappa shape index (κ3) is 6.93. The number of piperidine rings is 1. The van der Waals surface area contributed by atoms with Crippen LogP contribution in [0.4, 0.5) is 14.9 Å². The van der Waals surface area contributed by atoms with Gasteiger partial charge in [0.25, 0.3) is 0 Å². The molecule has 6 nitrogen and oxygen atoms in total. The number of anilines is 1. The molecule has 7 heteroatoms.